The molecular weight excluding hydrogens is 284 g/mol. The number of hydrogen-bond acceptors (Lipinski definition) is 6. The van der Waals surface area contributed by atoms with Gasteiger partial charge in [-0.25, -0.2) is 9.59 Å². The molecule has 0 fully saturated rings. The predicted octanol–water partition coefficient (Wildman–Crippen LogP) is -0.0917. The summed E-state index contributed by atoms with van der Waals surface area (Å²) in [6.07, 6.45) is 0.833. The summed E-state index contributed by atoms with van der Waals surface area (Å²) in [5.74, 6) is -1.92. The third-order valence-corrected chi connectivity index (χ3v) is 1.38. The molecule has 0 aromatic rings. The maximum Gasteiger partial charge on any atom is 0.330 e. The quantitative estimate of drug-likeness (QED) is 0.343. The molecule has 4 N–H and O–H groups in total. The second-order valence-corrected chi connectivity index (χ2v) is 3.30. The smallest absolute Gasteiger partial charge is 0.330 e. The highest BCUT2D eigenvalue weighted by Gasteiger charge is 1.90. The third-order valence-electron chi connectivity index (χ3n) is 1.38. The van der Waals surface area contributed by atoms with Crippen LogP contribution in [0, 0.1) is 0 Å². The number of ether oxygens (including phenoxy) is 2. The standard InChI is InChI=1S/C6H14O4.C4H6O2.C3H4O2/c7-1-3-9-5-6-10-4-2-8;1-3(2)4(5)6;1-2-3(4)5/h7-8H,1-6H2;1H2,2H3,(H,5,6);2H,1H2,(H,4,5). The van der Waals surface area contributed by atoms with Crippen molar-refractivity contribution in [3.8, 4) is 0 Å². The first-order valence-electron chi connectivity index (χ1n) is 5.94. The Bertz CT molecular complexity index is 268. The fourth-order valence-corrected chi connectivity index (χ4v) is 0.451. The van der Waals surface area contributed by atoms with Crippen LogP contribution in [0.15, 0.2) is 24.8 Å². The summed E-state index contributed by atoms with van der Waals surface area (Å²) >= 11 is 0. The van der Waals surface area contributed by atoms with Crippen LogP contribution in [0.5, 0.6) is 0 Å². The fourth-order valence-electron chi connectivity index (χ4n) is 0.451. The van der Waals surface area contributed by atoms with E-state index in [0.717, 1.165) is 6.08 Å². The molecule has 21 heavy (non-hydrogen) atoms. The molecule has 8 heteroatoms. The molecule has 0 aliphatic rings. The minimum absolute atomic E-state index is 0.0417. The minimum Gasteiger partial charge on any atom is -0.478 e. The van der Waals surface area contributed by atoms with Gasteiger partial charge in [0.1, 0.15) is 0 Å². The number of aliphatic hydroxyl groups is 2. The van der Waals surface area contributed by atoms with Gasteiger partial charge in [0.2, 0.25) is 0 Å². The van der Waals surface area contributed by atoms with Gasteiger partial charge in [0.05, 0.1) is 39.6 Å². The summed E-state index contributed by atoms with van der Waals surface area (Å²) in [6, 6.07) is 0. The topological polar surface area (TPSA) is 134 Å². The second-order valence-electron chi connectivity index (χ2n) is 3.30. The molecule has 0 bridgehead atoms. The monoisotopic (exact) mass is 308 g/mol. The van der Waals surface area contributed by atoms with Crippen LogP contribution in [0.25, 0.3) is 0 Å². The van der Waals surface area contributed by atoms with Crippen LogP contribution in [0.4, 0.5) is 0 Å². The van der Waals surface area contributed by atoms with Crippen molar-refractivity contribution in [2.24, 2.45) is 0 Å². The van der Waals surface area contributed by atoms with E-state index < -0.39 is 11.9 Å². The summed E-state index contributed by atoms with van der Waals surface area (Å²) in [5, 5.41) is 32.0. The Kier molecular flexibility index (Phi) is 23.8. The Morgan fingerprint density at radius 2 is 1.29 bits per heavy atom. The van der Waals surface area contributed by atoms with Crippen molar-refractivity contribution in [1.29, 1.82) is 0 Å². The minimum atomic E-state index is -0.981. The van der Waals surface area contributed by atoms with Crippen LogP contribution in [0.2, 0.25) is 0 Å². The van der Waals surface area contributed by atoms with Gasteiger partial charge in [-0.1, -0.05) is 13.2 Å². The van der Waals surface area contributed by atoms with Crippen LogP contribution in [-0.2, 0) is 19.1 Å². The molecule has 0 aliphatic carbocycles. The Balaban J connectivity index is -0.000000252. The van der Waals surface area contributed by atoms with Gasteiger partial charge in [0.25, 0.3) is 0 Å². The first-order chi connectivity index (χ1) is 9.83. The molecular formula is C13H24O8. The van der Waals surface area contributed by atoms with Crippen molar-refractivity contribution >= 4 is 11.9 Å². The molecule has 8 nitrogen and oxygen atoms in total. The van der Waals surface area contributed by atoms with E-state index in [0.29, 0.717) is 26.4 Å². The first kappa shape index (κ1) is 24.3. The normalized spacial score (nSPS) is 8.52. The molecule has 124 valence electrons. The van der Waals surface area contributed by atoms with E-state index in [4.69, 9.17) is 29.9 Å². The molecule has 0 unspecified atom stereocenters. The molecule has 0 atom stereocenters. The lowest BCUT2D eigenvalue weighted by Gasteiger charge is -2.01. The molecule has 0 radical (unpaired) electrons. The average molecular weight is 308 g/mol. The molecule has 0 aromatic heterocycles. The van der Waals surface area contributed by atoms with Gasteiger partial charge in [0.15, 0.2) is 0 Å². The average Bonchev–Trinajstić information content (AvgIpc) is 2.44. The predicted molar refractivity (Wildman–Crippen MR) is 76.1 cm³/mol. The zero-order chi connectivity index (χ0) is 17.1. The Labute approximate surface area is 123 Å². The van der Waals surface area contributed by atoms with Crippen molar-refractivity contribution in [2.75, 3.05) is 39.6 Å². The van der Waals surface area contributed by atoms with E-state index >= 15 is 0 Å². The van der Waals surface area contributed by atoms with Crippen molar-refractivity contribution in [2.45, 2.75) is 6.92 Å². The van der Waals surface area contributed by atoms with Crippen LogP contribution in [0.3, 0.4) is 0 Å². The maximum atomic E-state index is 9.60. The number of rotatable bonds is 9. The highest BCUT2D eigenvalue weighted by Crippen LogP contribution is 1.81. The number of carbonyl (C=O) groups is 2. The molecule has 0 aromatic carbocycles. The lowest BCUT2D eigenvalue weighted by Crippen LogP contribution is -2.09. The van der Waals surface area contributed by atoms with E-state index in [1.54, 1.807) is 0 Å². The summed E-state index contributed by atoms with van der Waals surface area (Å²) in [5.41, 5.74) is 0.176. The Morgan fingerprint density at radius 3 is 1.43 bits per heavy atom. The van der Waals surface area contributed by atoms with Crippen molar-refractivity contribution in [3.05, 3.63) is 24.8 Å². The largest absolute Gasteiger partial charge is 0.478 e. The van der Waals surface area contributed by atoms with E-state index in [1.807, 2.05) is 0 Å². The van der Waals surface area contributed by atoms with Gasteiger partial charge in [-0.2, -0.15) is 0 Å². The molecule has 0 heterocycles. The van der Waals surface area contributed by atoms with E-state index in [-0.39, 0.29) is 18.8 Å². The summed E-state index contributed by atoms with van der Waals surface area (Å²) in [6.45, 7) is 9.29. The molecule has 0 saturated carbocycles. The number of carboxylic acids is 2. The van der Waals surface area contributed by atoms with E-state index in [1.165, 1.54) is 6.92 Å². The van der Waals surface area contributed by atoms with Crippen LogP contribution in [-0.4, -0.2) is 72.0 Å². The number of aliphatic carboxylic acids is 2. The molecule has 0 saturated heterocycles. The highest BCUT2D eigenvalue weighted by molar-refractivity contribution is 5.84. The Hall–Kier alpha value is -1.74. The fraction of sp³-hybridized carbons (Fsp3) is 0.538. The van der Waals surface area contributed by atoms with Gasteiger partial charge >= 0.3 is 11.9 Å². The number of aliphatic hydroxyl groups excluding tert-OH is 2. The van der Waals surface area contributed by atoms with Gasteiger partial charge in [-0.3, -0.25) is 0 Å². The molecule has 0 amide bonds. The van der Waals surface area contributed by atoms with Crippen molar-refractivity contribution in [1.82, 2.24) is 0 Å². The van der Waals surface area contributed by atoms with E-state index in [2.05, 4.69) is 13.2 Å². The zero-order valence-corrected chi connectivity index (χ0v) is 12.2. The highest BCUT2D eigenvalue weighted by atomic mass is 16.5. The zero-order valence-electron chi connectivity index (χ0n) is 12.2. The van der Waals surface area contributed by atoms with Crippen molar-refractivity contribution < 1.29 is 39.5 Å². The molecule has 0 spiro atoms. The summed E-state index contributed by atoms with van der Waals surface area (Å²) in [7, 11) is 0. The van der Waals surface area contributed by atoms with Crippen LogP contribution < -0.4 is 0 Å². The van der Waals surface area contributed by atoms with Gasteiger partial charge in [-0.05, 0) is 6.92 Å². The second kappa shape index (κ2) is 20.6. The number of hydrogen-bond donors (Lipinski definition) is 4. The van der Waals surface area contributed by atoms with Crippen molar-refractivity contribution in [3.63, 3.8) is 0 Å². The lowest BCUT2D eigenvalue weighted by atomic mass is 10.4. The summed E-state index contributed by atoms with van der Waals surface area (Å²) in [4.78, 5) is 18.8. The number of carboxylic acid groups (broad SMARTS) is 2. The maximum absolute atomic E-state index is 9.60. The molecule has 0 rings (SSSR count). The Morgan fingerprint density at radius 1 is 1.00 bits per heavy atom. The van der Waals surface area contributed by atoms with Crippen LogP contribution in [0.1, 0.15) is 6.92 Å². The van der Waals surface area contributed by atoms with Crippen LogP contribution >= 0.6 is 0 Å². The van der Waals surface area contributed by atoms with E-state index in [9.17, 15) is 9.59 Å². The molecule has 0 aliphatic heterocycles. The van der Waals surface area contributed by atoms with Gasteiger partial charge in [0, 0.05) is 11.6 Å². The first-order valence-corrected chi connectivity index (χ1v) is 5.94. The van der Waals surface area contributed by atoms with Gasteiger partial charge in [-0.15, -0.1) is 0 Å². The third kappa shape index (κ3) is 38.1. The van der Waals surface area contributed by atoms with Gasteiger partial charge < -0.3 is 29.9 Å². The SMILES string of the molecule is C=C(C)C(=O)O.C=CC(=O)O.OCCOCCOCCO. The lowest BCUT2D eigenvalue weighted by molar-refractivity contribution is -0.133. The summed E-state index contributed by atoms with van der Waals surface area (Å²) < 4.78 is 9.75.